The number of H-pyrrole nitrogens is 1. The van der Waals surface area contributed by atoms with Crippen molar-refractivity contribution in [2.45, 2.75) is 32.6 Å². The molecule has 1 aromatic carbocycles. The van der Waals surface area contributed by atoms with Gasteiger partial charge in [-0.25, -0.2) is 0 Å². The molecule has 0 atom stereocenters. The fraction of sp³-hybridized carbons (Fsp3) is 0.353. The van der Waals surface area contributed by atoms with E-state index in [0.717, 1.165) is 53.9 Å². The minimum absolute atomic E-state index is 0.0540. The molecule has 21 heavy (non-hydrogen) atoms. The third kappa shape index (κ3) is 2.94. The summed E-state index contributed by atoms with van der Waals surface area (Å²) in [6.07, 6.45) is 5.86. The number of fused-ring (bicyclic) bond motifs is 1. The molecular formula is C17H20N2O2. The molecule has 1 aliphatic carbocycles. The van der Waals surface area contributed by atoms with E-state index in [1.807, 2.05) is 31.2 Å². The zero-order chi connectivity index (χ0) is 14.7. The number of hydrogen-bond donors (Lipinski definition) is 2. The number of aromatic amines is 1. The van der Waals surface area contributed by atoms with Gasteiger partial charge in [0.1, 0.15) is 5.75 Å². The molecular weight excluding hydrogens is 264 g/mol. The molecule has 4 heteroatoms. The van der Waals surface area contributed by atoms with Crippen molar-refractivity contribution in [3.63, 3.8) is 0 Å². The second kappa shape index (κ2) is 6.04. The Labute approximate surface area is 124 Å². The van der Waals surface area contributed by atoms with Crippen LogP contribution in [-0.4, -0.2) is 11.6 Å². The molecule has 0 unspecified atom stereocenters. The summed E-state index contributed by atoms with van der Waals surface area (Å²) in [5.41, 5.74) is 4.12. The maximum Gasteiger partial charge on any atom is 0.251 e. The topological polar surface area (TPSA) is 54.1 Å². The van der Waals surface area contributed by atoms with Crippen molar-refractivity contribution < 1.29 is 4.74 Å². The average molecular weight is 284 g/mol. The normalized spacial score (nSPS) is 13.6. The van der Waals surface area contributed by atoms with Gasteiger partial charge in [0.2, 0.25) is 0 Å². The first kappa shape index (κ1) is 13.7. The van der Waals surface area contributed by atoms with Crippen LogP contribution in [0, 0.1) is 0 Å². The molecule has 0 amide bonds. The Bertz CT molecular complexity index is 691. The van der Waals surface area contributed by atoms with Gasteiger partial charge in [-0.3, -0.25) is 4.79 Å². The molecule has 0 aliphatic heterocycles. The van der Waals surface area contributed by atoms with E-state index in [4.69, 9.17) is 4.74 Å². The van der Waals surface area contributed by atoms with Crippen LogP contribution in [0.1, 0.15) is 30.9 Å². The quantitative estimate of drug-likeness (QED) is 0.904. The van der Waals surface area contributed by atoms with E-state index >= 15 is 0 Å². The van der Waals surface area contributed by atoms with Crippen molar-refractivity contribution in [1.29, 1.82) is 0 Å². The molecule has 0 radical (unpaired) electrons. The van der Waals surface area contributed by atoms with Gasteiger partial charge < -0.3 is 15.0 Å². The summed E-state index contributed by atoms with van der Waals surface area (Å²) in [7, 11) is 0. The van der Waals surface area contributed by atoms with E-state index in [1.165, 1.54) is 0 Å². The molecule has 3 rings (SSSR count). The standard InChI is InChI=1S/C17H20N2O2/c1-2-21-13-7-5-6-12(10-13)19-16-11-18-17(20)15-9-4-3-8-14(15)16/h5-7,10-11,19H,2-4,8-9H2,1H3,(H,18,20). The summed E-state index contributed by atoms with van der Waals surface area (Å²) in [6.45, 7) is 2.62. The van der Waals surface area contributed by atoms with Gasteiger partial charge in [-0.15, -0.1) is 0 Å². The van der Waals surface area contributed by atoms with E-state index in [2.05, 4.69) is 10.3 Å². The maximum atomic E-state index is 11.9. The van der Waals surface area contributed by atoms with Gasteiger partial charge in [0.05, 0.1) is 12.3 Å². The molecule has 0 saturated heterocycles. The van der Waals surface area contributed by atoms with Gasteiger partial charge in [0.15, 0.2) is 0 Å². The van der Waals surface area contributed by atoms with Crippen molar-refractivity contribution in [2.75, 3.05) is 11.9 Å². The summed E-state index contributed by atoms with van der Waals surface area (Å²) in [5.74, 6) is 0.848. The molecule has 2 N–H and O–H groups in total. The highest BCUT2D eigenvalue weighted by Crippen LogP contribution is 2.28. The molecule has 1 aromatic heterocycles. The van der Waals surface area contributed by atoms with E-state index in [-0.39, 0.29) is 5.56 Å². The Morgan fingerprint density at radius 3 is 2.86 bits per heavy atom. The van der Waals surface area contributed by atoms with Crippen LogP contribution in [0.2, 0.25) is 0 Å². The third-order valence-electron chi connectivity index (χ3n) is 3.84. The lowest BCUT2D eigenvalue weighted by molar-refractivity contribution is 0.340. The first-order valence-electron chi connectivity index (χ1n) is 7.51. The smallest absolute Gasteiger partial charge is 0.251 e. The Hall–Kier alpha value is -2.23. The molecule has 110 valence electrons. The lowest BCUT2D eigenvalue weighted by Crippen LogP contribution is -2.19. The van der Waals surface area contributed by atoms with Crippen LogP contribution >= 0.6 is 0 Å². The Morgan fingerprint density at radius 2 is 2.05 bits per heavy atom. The van der Waals surface area contributed by atoms with Crippen molar-refractivity contribution in [2.24, 2.45) is 0 Å². The minimum Gasteiger partial charge on any atom is -0.494 e. The molecule has 2 aromatic rings. The molecule has 1 heterocycles. The van der Waals surface area contributed by atoms with Crippen molar-refractivity contribution in [3.05, 3.63) is 51.9 Å². The zero-order valence-corrected chi connectivity index (χ0v) is 12.2. The zero-order valence-electron chi connectivity index (χ0n) is 12.2. The highest BCUT2D eigenvalue weighted by atomic mass is 16.5. The Kier molecular flexibility index (Phi) is 3.95. The monoisotopic (exact) mass is 284 g/mol. The molecule has 0 bridgehead atoms. The first-order chi connectivity index (χ1) is 10.3. The van der Waals surface area contributed by atoms with Crippen LogP contribution in [-0.2, 0) is 12.8 Å². The number of anilines is 2. The Balaban J connectivity index is 1.91. The van der Waals surface area contributed by atoms with Crippen LogP contribution in [0.3, 0.4) is 0 Å². The number of rotatable bonds is 4. The van der Waals surface area contributed by atoms with Gasteiger partial charge in [-0.1, -0.05) is 6.07 Å². The molecule has 4 nitrogen and oxygen atoms in total. The highest BCUT2D eigenvalue weighted by Gasteiger charge is 2.16. The van der Waals surface area contributed by atoms with Crippen molar-refractivity contribution >= 4 is 11.4 Å². The van der Waals surface area contributed by atoms with Crippen LogP contribution in [0.5, 0.6) is 5.75 Å². The summed E-state index contributed by atoms with van der Waals surface area (Å²) < 4.78 is 5.52. The SMILES string of the molecule is CCOc1cccc(Nc2c[nH]c(=O)c3c2CCCC3)c1. The van der Waals surface area contributed by atoms with Crippen LogP contribution < -0.4 is 15.6 Å². The predicted molar refractivity (Wildman–Crippen MR) is 84.6 cm³/mol. The summed E-state index contributed by atoms with van der Waals surface area (Å²) >= 11 is 0. The van der Waals surface area contributed by atoms with Gasteiger partial charge in [0.25, 0.3) is 5.56 Å². The predicted octanol–water partition coefficient (Wildman–Crippen LogP) is 3.40. The van der Waals surface area contributed by atoms with Crippen LogP contribution in [0.4, 0.5) is 11.4 Å². The molecule has 0 saturated carbocycles. The third-order valence-corrected chi connectivity index (χ3v) is 3.84. The summed E-state index contributed by atoms with van der Waals surface area (Å²) in [5, 5.41) is 3.41. The van der Waals surface area contributed by atoms with E-state index in [9.17, 15) is 4.79 Å². The fourth-order valence-electron chi connectivity index (χ4n) is 2.86. The molecule has 0 spiro atoms. The van der Waals surface area contributed by atoms with Gasteiger partial charge in [-0.2, -0.15) is 0 Å². The number of ether oxygens (including phenoxy) is 1. The van der Waals surface area contributed by atoms with Gasteiger partial charge >= 0.3 is 0 Å². The average Bonchev–Trinajstić information content (AvgIpc) is 2.51. The number of nitrogens with one attached hydrogen (secondary N) is 2. The van der Waals surface area contributed by atoms with Gasteiger partial charge in [-0.05, 0) is 50.3 Å². The highest BCUT2D eigenvalue weighted by molar-refractivity contribution is 5.65. The fourth-order valence-corrected chi connectivity index (χ4v) is 2.86. The van der Waals surface area contributed by atoms with Crippen molar-refractivity contribution in [1.82, 2.24) is 4.98 Å². The largest absolute Gasteiger partial charge is 0.494 e. The van der Waals surface area contributed by atoms with Crippen LogP contribution in [0.15, 0.2) is 35.3 Å². The number of pyridine rings is 1. The lowest BCUT2D eigenvalue weighted by Gasteiger charge is -2.19. The van der Waals surface area contributed by atoms with E-state index in [0.29, 0.717) is 6.61 Å². The van der Waals surface area contributed by atoms with E-state index in [1.54, 1.807) is 6.20 Å². The number of hydrogen-bond acceptors (Lipinski definition) is 3. The maximum absolute atomic E-state index is 11.9. The number of aromatic nitrogens is 1. The molecule has 0 fully saturated rings. The molecule has 1 aliphatic rings. The first-order valence-corrected chi connectivity index (χ1v) is 7.51. The van der Waals surface area contributed by atoms with Crippen LogP contribution in [0.25, 0.3) is 0 Å². The second-order valence-electron chi connectivity index (χ2n) is 5.28. The van der Waals surface area contributed by atoms with Crippen molar-refractivity contribution in [3.8, 4) is 5.75 Å². The van der Waals surface area contributed by atoms with Gasteiger partial charge in [0, 0.05) is 23.5 Å². The summed E-state index contributed by atoms with van der Waals surface area (Å²) in [4.78, 5) is 14.7. The Morgan fingerprint density at radius 1 is 1.24 bits per heavy atom. The summed E-state index contributed by atoms with van der Waals surface area (Å²) in [6, 6.07) is 7.88. The number of benzene rings is 1. The lowest BCUT2D eigenvalue weighted by atomic mass is 9.92. The van der Waals surface area contributed by atoms with E-state index < -0.39 is 0 Å². The second-order valence-corrected chi connectivity index (χ2v) is 5.28. The minimum atomic E-state index is 0.0540.